The minimum atomic E-state index is -3.46. The molecule has 0 aromatic heterocycles. The van der Waals surface area contributed by atoms with E-state index in [0.717, 1.165) is 5.56 Å². The lowest BCUT2D eigenvalue weighted by Gasteiger charge is -2.11. The van der Waals surface area contributed by atoms with Gasteiger partial charge in [-0.3, -0.25) is 4.79 Å². The van der Waals surface area contributed by atoms with Crippen molar-refractivity contribution in [2.24, 2.45) is 5.73 Å². The summed E-state index contributed by atoms with van der Waals surface area (Å²) in [6.45, 7) is 3.66. The molecule has 0 fully saturated rings. The second-order valence-corrected chi connectivity index (χ2v) is 6.70. The van der Waals surface area contributed by atoms with Gasteiger partial charge in [-0.2, -0.15) is 0 Å². The van der Waals surface area contributed by atoms with E-state index in [0.29, 0.717) is 12.1 Å². The number of hydrogen-bond donors (Lipinski definition) is 2. The van der Waals surface area contributed by atoms with E-state index in [1.54, 1.807) is 12.1 Å². The number of amides is 1. The molecular formula is C13H20N2O3S. The Kier molecular flexibility index (Phi) is 5.50. The summed E-state index contributed by atoms with van der Waals surface area (Å²) < 4.78 is 23.5. The maximum Gasteiger partial charge on any atom is 0.239 e. The van der Waals surface area contributed by atoms with Gasteiger partial charge in [-0.15, -0.1) is 0 Å². The fourth-order valence-corrected chi connectivity index (χ4v) is 3.08. The van der Waals surface area contributed by atoms with Gasteiger partial charge in [0.05, 0.1) is 5.75 Å². The lowest BCUT2D eigenvalue weighted by atomic mass is 10.2. The maximum atomic E-state index is 11.7. The minimum Gasteiger partial charge on any atom is -0.327 e. The van der Waals surface area contributed by atoms with E-state index in [1.807, 2.05) is 26.0 Å². The van der Waals surface area contributed by atoms with Crippen molar-refractivity contribution in [2.75, 3.05) is 16.8 Å². The zero-order valence-electron chi connectivity index (χ0n) is 11.2. The van der Waals surface area contributed by atoms with Crippen LogP contribution in [0.1, 0.15) is 18.9 Å². The Morgan fingerprint density at radius 3 is 2.58 bits per heavy atom. The number of benzene rings is 1. The van der Waals surface area contributed by atoms with Gasteiger partial charge in [0, 0.05) is 11.7 Å². The van der Waals surface area contributed by atoms with Crippen LogP contribution < -0.4 is 11.1 Å². The summed E-state index contributed by atoms with van der Waals surface area (Å²) in [4.78, 5) is 11.7. The van der Waals surface area contributed by atoms with Crippen LogP contribution in [0.4, 0.5) is 5.69 Å². The third-order valence-electron chi connectivity index (χ3n) is 2.76. The first kappa shape index (κ1) is 15.7. The van der Waals surface area contributed by atoms with E-state index in [4.69, 9.17) is 5.73 Å². The number of carbonyl (C=O) groups excluding carboxylic acids is 1. The van der Waals surface area contributed by atoms with Gasteiger partial charge in [-0.05, 0) is 25.0 Å². The highest BCUT2D eigenvalue weighted by Gasteiger charge is 2.19. The van der Waals surface area contributed by atoms with Gasteiger partial charge >= 0.3 is 0 Å². The number of para-hydroxylation sites is 1. The predicted molar refractivity (Wildman–Crippen MR) is 76.7 cm³/mol. The number of nitrogens with one attached hydrogen (secondary N) is 1. The number of rotatable bonds is 6. The summed E-state index contributed by atoms with van der Waals surface area (Å²) in [6, 6.07) is 6.79. The molecule has 0 aliphatic rings. The predicted octanol–water partition coefficient (Wildman–Crippen LogP) is 1.09. The van der Waals surface area contributed by atoms with Crippen LogP contribution in [0, 0.1) is 6.92 Å². The van der Waals surface area contributed by atoms with Crippen LogP contribution in [0.3, 0.4) is 0 Å². The van der Waals surface area contributed by atoms with Crippen LogP contribution >= 0.6 is 0 Å². The van der Waals surface area contributed by atoms with Gasteiger partial charge in [-0.25, -0.2) is 8.42 Å². The first-order valence-corrected chi connectivity index (χ1v) is 7.97. The quantitative estimate of drug-likeness (QED) is 0.818. The largest absolute Gasteiger partial charge is 0.327 e. The monoisotopic (exact) mass is 284 g/mol. The van der Waals surface area contributed by atoms with Gasteiger partial charge in [0.25, 0.3) is 0 Å². The minimum absolute atomic E-state index is 0.162. The molecule has 5 nitrogen and oxygen atoms in total. The molecule has 6 heteroatoms. The highest BCUT2D eigenvalue weighted by Crippen LogP contribution is 2.13. The summed E-state index contributed by atoms with van der Waals surface area (Å²) in [7, 11) is -3.46. The van der Waals surface area contributed by atoms with Crippen molar-refractivity contribution in [2.45, 2.75) is 26.3 Å². The highest BCUT2D eigenvalue weighted by molar-refractivity contribution is 7.92. The number of carbonyl (C=O) groups is 1. The molecule has 0 spiro atoms. The molecule has 19 heavy (non-hydrogen) atoms. The molecule has 106 valence electrons. The Hall–Kier alpha value is -1.40. The van der Waals surface area contributed by atoms with Gasteiger partial charge in [0.15, 0.2) is 9.84 Å². The number of nitrogens with two attached hydrogens (primary N) is 1. The molecule has 1 aromatic carbocycles. The molecule has 0 heterocycles. The van der Waals surface area contributed by atoms with E-state index in [-0.39, 0.29) is 5.75 Å². The van der Waals surface area contributed by atoms with Gasteiger partial charge in [0.1, 0.15) is 5.75 Å². The lowest BCUT2D eigenvalue weighted by Crippen LogP contribution is -2.33. The number of hydrogen-bond acceptors (Lipinski definition) is 4. The Balaban J connectivity index is 2.63. The molecule has 1 atom stereocenters. The Morgan fingerprint density at radius 2 is 2.00 bits per heavy atom. The van der Waals surface area contributed by atoms with Crippen molar-refractivity contribution in [3.8, 4) is 0 Å². The fraction of sp³-hybridized carbons (Fsp3) is 0.462. The Morgan fingerprint density at radius 1 is 1.37 bits per heavy atom. The first-order chi connectivity index (χ1) is 8.84. The van der Waals surface area contributed by atoms with E-state index < -0.39 is 27.5 Å². The van der Waals surface area contributed by atoms with Crippen molar-refractivity contribution in [1.29, 1.82) is 0 Å². The Bertz CT molecular complexity index is 541. The Labute approximate surface area is 114 Å². The topological polar surface area (TPSA) is 89.3 Å². The second kappa shape index (κ2) is 6.68. The third-order valence-corrected chi connectivity index (χ3v) is 4.40. The first-order valence-electron chi connectivity index (χ1n) is 6.15. The van der Waals surface area contributed by atoms with E-state index in [2.05, 4.69) is 5.32 Å². The third kappa shape index (κ3) is 5.40. The van der Waals surface area contributed by atoms with Crippen LogP contribution in [0.2, 0.25) is 0 Å². The number of sulfone groups is 1. The van der Waals surface area contributed by atoms with Crippen molar-refractivity contribution >= 4 is 21.4 Å². The van der Waals surface area contributed by atoms with Crippen LogP contribution in [0.15, 0.2) is 24.3 Å². The highest BCUT2D eigenvalue weighted by atomic mass is 32.2. The van der Waals surface area contributed by atoms with Crippen molar-refractivity contribution < 1.29 is 13.2 Å². The molecular weight excluding hydrogens is 264 g/mol. The average molecular weight is 284 g/mol. The zero-order valence-corrected chi connectivity index (χ0v) is 12.0. The second-order valence-electron chi connectivity index (χ2n) is 4.59. The van der Waals surface area contributed by atoms with E-state index in [1.165, 1.54) is 0 Å². The fourth-order valence-electron chi connectivity index (χ4n) is 1.60. The number of anilines is 1. The van der Waals surface area contributed by atoms with Crippen LogP contribution in [-0.4, -0.2) is 31.9 Å². The normalized spacial score (nSPS) is 13.0. The standard InChI is InChI=1S/C13H20N2O3S/c1-3-11(14)8-19(17,18)9-13(16)15-12-7-5-4-6-10(12)2/h4-7,11H,3,8-9,14H2,1-2H3,(H,15,16). The summed E-state index contributed by atoms with van der Waals surface area (Å²) in [6.07, 6.45) is 0.568. The molecule has 0 bridgehead atoms. The van der Waals surface area contributed by atoms with Gasteiger partial charge in [0.2, 0.25) is 5.91 Å². The van der Waals surface area contributed by atoms with Gasteiger partial charge < -0.3 is 11.1 Å². The van der Waals surface area contributed by atoms with Gasteiger partial charge in [-0.1, -0.05) is 25.1 Å². The van der Waals surface area contributed by atoms with E-state index in [9.17, 15) is 13.2 Å². The molecule has 1 rings (SSSR count). The van der Waals surface area contributed by atoms with Crippen LogP contribution in [-0.2, 0) is 14.6 Å². The SMILES string of the molecule is CCC(N)CS(=O)(=O)CC(=O)Nc1ccccc1C. The molecule has 0 aliphatic heterocycles. The van der Waals surface area contributed by atoms with Crippen molar-refractivity contribution in [3.63, 3.8) is 0 Å². The lowest BCUT2D eigenvalue weighted by molar-refractivity contribution is -0.113. The summed E-state index contributed by atoms with van der Waals surface area (Å²) in [5.74, 6) is -1.22. The maximum absolute atomic E-state index is 11.7. The summed E-state index contributed by atoms with van der Waals surface area (Å²) in [5.41, 5.74) is 7.12. The summed E-state index contributed by atoms with van der Waals surface area (Å²) in [5, 5.41) is 2.60. The molecule has 0 radical (unpaired) electrons. The zero-order chi connectivity index (χ0) is 14.5. The smallest absolute Gasteiger partial charge is 0.239 e. The molecule has 0 aliphatic carbocycles. The molecule has 0 saturated heterocycles. The van der Waals surface area contributed by atoms with Crippen molar-refractivity contribution in [3.05, 3.63) is 29.8 Å². The summed E-state index contributed by atoms with van der Waals surface area (Å²) >= 11 is 0. The van der Waals surface area contributed by atoms with E-state index >= 15 is 0 Å². The van der Waals surface area contributed by atoms with Crippen molar-refractivity contribution in [1.82, 2.24) is 0 Å². The number of aryl methyl sites for hydroxylation is 1. The molecule has 1 aromatic rings. The molecule has 0 saturated carbocycles. The molecule has 1 unspecified atom stereocenters. The average Bonchev–Trinajstić information content (AvgIpc) is 2.30. The van der Waals surface area contributed by atoms with Crippen LogP contribution in [0.5, 0.6) is 0 Å². The molecule has 1 amide bonds. The molecule has 3 N–H and O–H groups in total. The van der Waals surface area contributed by atoms with Crippen LogP contribution in [0.25, 0.3) is 0 Å².